The van der Waals surface area contributed by atoms with E-state index in [1.54, 1.807) is 7.11 Å². The van der Waals surface area contributed by atoms with Gasteiger partial charge in [0.15, 0.2) is 0 Å². The molecule has 0 bridgehead atoms. The zero-order chi connectivity index (χ0) is 24.1. The molecule has 2 aromatic heterocycles. The summed E-state index contributed by atoms with van der Waals surface area (Å²) < 4.78 is 6.58. The van der Waals surface area contributed by atoms with Gasteiger partial charge in [0, 0.05) is 37.8 Å². The minimum Gasteiger partial charge on any atom is -0.385 e. The maximum atomic E-state index is 13.0. The normalized spacial score (nSPS) is 11.1. The molecule has 0 saturated carbocycles. The van der Waals surface area contributed by atoms with E-state index >= 15 is 0 Å². The number of H-pyrrole nitrogens is 1. The van der Waals surface area contributed by atoms with Crippen LogP contribution in [0.2, 0.25) is 5.15 Å². The molecule has 0 saturated heterocycles. The molecule has 4 aromatic rings. The van der Waals surface area contributed by atoms with Crippen molar-refractivity contribution in [2.24, 2.45) is 0 Å². The van der Waals surface area contributed by atoms with Gasteiger partial charge in [-0.15, -0.1) is 0 Å². The van der Waals surface area contributed by atoms with E-state index in [0.717, 1.165) is 22.0 Å². The van der Waals surface area contributed by atoms with Crippen LogP contribution in [0.4, 0.5) is 11.5 Å². The first-order valence-electron chi connectivity index (χ1n) is 10.9. The molecule has 176 valence electrons. The second-order valence-corrected chi connectivity index (χ2v) is 8.32. The fourth-order valence-electron chi connectivity index (χ4n) is 3.93. The number of para-hydroxylation sites is 1. The minimum atomic E-state index is -0.558. The first-order valence-corrected chi connectivity index (χ1v) is 11.3. The van der Waals surface area contributed by atoms with Crippen LogP contribution in [0.15, 0.2) is 70.3 Å². The highest BCUT2D eigenvalue weighted by Gasteiger charge is 2.21. The Balaban J connectivity index is 1.76. The van der Waals surface area contributed by atoms with Crippen molar-refractivity contribution in [2.45, 2.75) is 19.5 Å². The first-order chi connectivity index (χ1) is 16.5. The highest BCUT2D eigenvalue weighted by molar-refractivity contribution is 6.30. The Hall–Kier alpha value is -3.62. The van der Waals surface area contributed by atoms with E-state index in [4.69, 9.17) is 22.1 Å². The number of nitrogens with two attached hydrogens (primary N) is 1. The predicted molar refractivity (Wildman–Crippen MR) is 136 cm³/mol. The number of ether oxygens (including phenoxy) is 1. The first kappa shape index (κ1) is 23.5. The van der Waals surface area contributed by atoms with Gasteiger partial charge in [0.1, 0.15) is 16.7 Å². The molecular formula is C25H26ClN5O3. The number of hydrogen-bond acceptors (Lipinski definition) is 6. The van der Waals surface area contributed by atoms with E-state index < -0.39 is 11.2 Å². The number of aromatic amines is 1. The predicted octanol–water partition coefficient (Wildman–Crippen LogP) is 3.41. The standard InChI is InChI=1S/C25H26ClN5O3/c1-34-13-7-12-30(16-19-14-18-10-5-6-11-20(18)28-22(19)26)21-23(27)31(25(33)29-24(21)32)15-17-8-3-2-4-9-17/h2-6,8-11,14H,7,12-13,15-16,27H2,1H3,(H,29,32,33). The summed E-state index contributed by atoms with van der Waals surface area (Å²) in [6, 6.07) is 19.1. The number of pyridine rings is 1. The molecule has 9 heteroatoms. The highest BCUT2D eigenvalue weighted by atomic mass is 35.5. The monoisotopic (exact) mass is 479 g/mol. The fraction of sp³-hybridized carbons (Fsp3) is 0.240. The van der Waals surface area contributed by atoms with Gasteiger partial charge < -0.3 is 15.4 Å². The molecule has 0 fully saturated rings. The van der Waals surface area contributed by atoms with E-state index in [1.165, 1.54) is 4.57 Å². The Kier molecular flexibility index (Phi) is 7.30. The van der Waals surface area contributed by atoms with E-state index in [1.807, 2.05) is 65.6 Å². The van der Waals surface area contributed by atoms with Crippen molar-refractivity contribution in [1.82, 2.24) is 14.5 Å². The Morgan fingerprint density at radius 1 is 1.12 bits per heavy atom. The zero-order valence-corrected chi connectivity index (χ0v) is 19.6. The van der Waals surface area contributed by atoms with Crippen molar-refractivity contribution in [3.05, 3.63) is 97.8 Å². The molecule has 8 nitrogen and oxygen atoms in total. The average Bonchev–Trinajstić information content (AvgIpc) is 2.82. The van der Waals surface area contributed by atoms with Gasteiger partial charge in [0.25, 0.3) is 5.56 Å². The number of rotatable bonds is 9. The number of anilines is 2. The molecule has 0 aliphatic heterocycles. The minimum absolute atomic E-state index is 0.0971. The Morgan fingerprint density at radius 2 is 1.85 bits per heavy atom. The molecule has 34 heavy (non-hydrogen) atoms. The summed E-state index contributed by atoms with van der Waals surface area (Å²) in [5, 5.41) is 1.29. The summed E-state index contributed by atoms with van der Waals surface area (Å²) in [5.41, 5.74) is 7.98. The molecule has 0 radical (unpaired) electrons. The number of halogens is 1. The van der Waals surface area contributed by atoms with Crippen molar-refractivity contribution in [1.29, 1.82) is 0 Å². The average molecular weight is 480 g/mol. The molecule has 0 unspecified atom stereocenters. The second kappa shape index (κ2) is 10.5. The van der Waals surface area contributed by atoms with Crippen LogP contribution in [0, 0.1) is 0 Å². The quantitative estimate of drug-likeness (QED) is 0.281. The number of nitrogen functional groups attached to an aromatic ring is 1. The second-order valence-electron chi connectivity index (χ2n) is 7.96. The summed E-state index contributed by atoms with van der Waals surface area (Å²) in [7, 11) is 1.62. The number of aromatic nitrogens is 3. The molecule has 0 amide bonds. The summed E-state index contributed by atoms with van der Waals surface area (Å²) in [5.74, 6) is 0.0971. The lowest BCUT2D eigenvalue weighted by Crippen LogP contribution is -2.39. The smallest absolute Gasteiger partial charge is 0.330 e. The van der Waals surface area contributed by atoms with Crippen LogP contribution < -0.4 is 21.9 Å². The molecule has 3 N–H and O–H groups in total. The van der Waals surface area contributed by atoms with Gasteiger partial charge in [-0.25, -0.2) is 9.78 Å². The lowest BCUT2D eigenvalue weighted by atomic mass is 10.1. The number of benzene rings is 2. The van der Waals surface area contributed by atoms with Crippen molar-refractivity contribution in [3.8, 4) is 0 Å². The maximum absolute atomic E-state index is 13.0. The summed E-state index contributed by atoms with van der Waals surface area (Å²) in [6.45, 7) is 1.49. The number of fused-ring (bicyclic) bond motifs is 1. The van der Waals surface area contributed by atoms with Gasteiger partial charge in [-0.3, -0.25) is 14.3 Å². The zero-order valence-electron chi connectivity index (χ0n) is 18.8. The van der Waals surface area contributed by atoms with Gasteiger partial charge in [-0.2, -0.15) is 0 Å². The van der Waals surface area contributed by atoms with Gasteiger partial charge in [-0.05, 0) is 24.1 Å². The van der Waals surface area contributed by atoms with E-state index in [9.17, 15) is 9.59 Å². The lowest BCUT2D eigenvalue weighted by molar-refractivity contribution is 0.196. The summed E-state index contributed by atoms with van der Waals surface area (Å²) >= 11 is 6.50. The lowest BCUT2D eigenvalue weighted by Gasteiger charge is -2.26. The van der Waals surface area contributed by atoms with Gasteiger partial charge in [0.05, 0.1) is 12.1 Å². The van der Waals surface area contributed by atoms with E-state index in [0.29, 0.717) is 24.7 Å². The van der Waals surface area contributed by atoms with Crippen LogP contribution >= 0.6 is 11.6 Å². The van der Waals surface area contributed by atoms with Gasteiger partial charge >= 0.3 is 5.69 Å². The van der Waals surface area contributed by atoms with Crippen LogP contribution in [-0.4, -0.2) is 34.8 Å². The van der Waals surface area contributed by atoms with Crippen LogP contribution in [0.1, 0.15) is 17.5 Å². The van der Waals surface area contributed by atoms with Crippen molar-refractivity contribution in [3.63, 3.8) is 0 Å². The van der Waals surface area contributed by atoms with Crippen molar-refractivity contribution in [2.75, 3.05) is 30.9 Å². The van der Waals surface area contributed by atoms with Gasteiger partial charge in [-0.1, -0.05) is 60.1 Å². The third kappa shape index (κ3) is 5.13. The molecule has 0 aliphatic carbocycles. The molecule has 2 aromatic carbocycles. The molecule has 0 aliphatic rings. The van der Waals surface area contributed by atoms with Crippen molar-refractivity contribution < 1.29 is 4.74 Å². The third-order valence-corrected chi connectivity index (χ3v) is 5.93. The fourth-order valence-corrected chi connectivity index (χ4v) is 4.13. The van der Waals surface area contributed by atoms with Crippen LogP contribution in [-0.2, 0) is 17.8 Å². The van der Waals surface area contributed by atoms with E-state index in [-0.39, 0.29) is 24.6 Å². The number of methoxy groups -OCH3 is 1. The highest BCUT2D eigenvalue weighted by Crippen LogP contribution is 2.25. The largest absolute Gasteiger partial charge is 0.385 e. The SMILES string of the molecule is COCCCN(Cc1cc2ccccc2nc1Cl)c1c(N)n(Cc2ccccc2)c(=O)[nH]c1=O. The summed E-state index contributed by atoms with van der Waals surface area (Å²) in [4.78, 5) is 34.3. The number of nitrogens with zero attached hydrogens (tertiary/aromatic N) is 3. The van der Waals surface area contributed by atoms with Crippen LogP contribution in [0.25, 0.3) is 10.9 Å². The Bertz CT molecular complexity index is 1400. The van der Waals surface area contributed by atoms with E-state index in [2.05, 4.69) is 9.97 Å². The van der Waals surface area contributed by atoms with Gasteiger partial charge in [0.2, 0.25) is 0 Å². The maximum Gasteiger partial charge on any atom is 0.330 e. The molecular weight excluding hydrogens is 454 g/mol. The van der Waals surface area contributed by atoms with Crippen molar-refractivity contribution >= 4 is 34.0 Å². The molecule has 0 atom stereocenters. The van der Waals surface area contributed by atoms with Crippen LogP contribution in [0.3, 0.4) is 0 Å². The number of hydrogen-bond donors (Lipinski definition) is 2. The molecule has 2 heterocycles. The number of nitrogens with one attached hydrogen (secondary N) is 1. The topological polar surface area (TPSA) is 106 Å². The molecule has 0 spiro atoms. The van der Waals surface area contributed by atoms with Crippen LogP contribution in [0.5, 0.6) is 0 Å². The summed E-state index contributed by atoms with van der Waals surface area (Å²) in [6.07, 6.45) is 0.645. The third-order valence-electron chi connectivity index (χ3n) is 5.60. The Labute approximate surface area is 201 Å². The Morgan fingerprint density at radius 3 is 2.62 bits per heavy atom. The molecule has 4 rings (SSSR count).